The van der Waals surface area contributed by atoms with Gasteiger partial charge in [-0.25, -0.2) is 0 Å². The Kier molecular flexibility index (Phi) is 4.88. The molecule has 5 nitrogen and oxygen atoms in total. The normalized spacial score (nSPS) is 12.2. The number of carbonyl (C=O) groups excluding carboxylic acids is 1. The van der Waals surface area contributed by atoms with Gasteiger partial charge in [0, 0.05) is 34.9 Å². The Morgan fingerprint density at radius 3 is 2.52 bits per heavy atom. The van der Waals surface area contributed by atoms with Gasteiger partial charge in [0.15, 0.2) is 6.10 Å². The van der Waals surface area contributed by atoms with E-state index >= 15 is 0 Å². The second kappa shape index (κ2) is 6.47. The van der Waals surface area contributed by atoms with Crippen molar-refractivity contribution in [2.45, 2.75) is 19.6 Å². The van der Waals surface area contributed by atoms with Crippen LogP contribution in [0.3, 0.4) is 0 Å². The van der Waals surface area contributed by atoms with E-state index in [1.54, 1.807) is 10.9 Å². The van der Waals surface area contributed by atoms with Crippen LogP contribution in [0.15, 0.2) is 24.4 Å². The first-order valence-electron chi connectivity index (χ1n) is 6.27. The molecule has 7 heteroatoms. The summed E-state index contributed by atoms with van der Waals surface area (Å²) in [5, 5.41) is 17.5. The van der Waals surface area contributed by atoms with Crippen LogP contribution in [0.1, 0.15) is 22.9 Å². The lowest BCUT2D eigenvalue weighted by Crippen LogP contribution is -2.29. The summed E-state index contributed by atoms with van der Waals surface area (Å²) >= 11 is 11.7. The Morgan fingerprint density at radius 1 is 1.38 bits per heavy atom. The van der Waals surface area contributed by atoms with Crippen molar-refractivity contribution in [1.29, 1.82) is 0 Å². The van der Waals surface area contributed by atoms with Crippen LogP contribution in [-0.2, 0) is 18.4 Å². The van der Waals surface area contributed by atoms with Crippen LogP contribution in [0.25, 0.3) is 0 Å². The van der Waals surface area contributed by atoms with Gasteiger partial charge in [0.2, 0.25) is 0 Å². The zero-order valence-electron chi connectivity index (χ0n) is 11.6. The van der Waals surface area contributed by atoms with Gasteiger partial charge in [0.25, 0.3) is 5.91 Å². The van der Waals surface area contributed by atoms with Crippen LogP contribution >= 0.6 is 23.2 Å². The number of aryl methyl sites for hydroxylation is 1. The maximum absolute atomic E-state index is 12.0. The lowest BCUT2D eigenvalue weighted by atomic mass is 10.1. The van der Waals surface area contributed by atoms with E-state index in [1.165, 1.54) is 18.2 Å². The summed E-state index contributed by atoms with van der Waals surface area (Å²) in [6, 6.07) is 4.55. The number of aromatic nitrogens is 2. The molecule has 0 aliphatic carbocycles. The number of carbonyl (C=O) groups is 1. The van der Waals surface area contributed by atoms with Crippen molar-refractivity contribution in [3.8, 4) is 0 Å². The highest BCUT2D eigenvalue weighted by Gasteiger charge is 2.18. The molecule has 1 amide bonds. The predicted molar refractivity (Wildman–Crippen MR) is 81.2 cm³/mol. The minimum absolute atomic E-state index is 0.296. The standard InChI is InChI=1S/C14H15Cl2N3O2/c1-8-10(7-18-19(8)2)6-17-14(21)13(20)9-3-11(15)5-12(16)4-9/h3-5,7,13,20H,6H2,1-2H3,(H,17,21). The lowest BCUT2D eigenvalue weighted by Gasteiger charge is -2.12. The predicted octanol–water partition coefficient (Wildman–Crippen LogP) is 2.39. The van der Waals surface area contributed by atoms with Crippen molar-refractivity contribution in [3.63, 3.8) is 0 Å². The highest BCUT2D eigenvalue weighted by molar-refractivity contribution is 6.34. The number of nitrogens with zero attached hydrogens (tertiary/aromatic N) is 2. The monoisotopic (exact) mass is 327 g/mol. The second-order valence-electron chi connectivity index (χ2n) is 4.70. The number of hydrogen-bond acceptors (Lipinski definition) is 3. The summed E-state index contributed by atoms with van der Waals surface area (Å²) in [6.07, 6.45) is 0.358. The average molecular weight is 328 g/mol. The molecule has 2 rings (SSSR count). The SMILES string of the molecule is Cc1c(CNC(=O)C(O)c2cc(Cl)cc(Cl)c2)cnn1C. The van der Waals surface area contributed by atoms with E-state index in [0.717, 1.165) is 11.3 Å². The Labute approximate surface area is 132 Å². The number of halogens is 2. The van der Waals surface area contributed by atoms with E-state index < -0.39 is 12.0 Å². The van der Waals surface area contributed by atoms with Gasteiger partial charge in [0.1, 0.15) is 0 Å². The molecule has 0 aliphatic heterocycles. The number of amides is 1. The number of hydrogen-bond donors (Lipinski definition) is 2. The van der Waals surface area contributed by atoms with E-state index in [9.17, 15) is 9.90 Å². The molecule has 21 heavy (non-hydrogen) atoms. The molecule has 0 radical (unpaired) electrons. The van der Waals surface area contributed by atoms with Crippen LogP contribution in [0.4, 0.5) is 0 Å². The molecule has 0 saturated heterocycles. The molecule has 1 unspecified atom stereocenters. The Bertz CT molecular complexity index is 650. The first-order valence-corrected chi connectivity index (χ1v) is 7.03. The highest BCUT2D eigenvalue weighted by atomic mass is 35.5. The summed E-state index contributed by atoms with van der Waals surface area (Å²) in [7, 11) is 1.82. The fourth-order valence-corrected chi connectivity index (χ4v) is 2.42. The number of benzene rings is 1. The second-order valence-corrected chi connectivity index (χ2v) is 5.57. The molecule has 0 aliphatic rings. The fraction of sp³-hybridized carbons (Fsp3) is 0.286. The van der Waals surface area contributed by atoms with Crippen LogP contribution in [0, 0.1) is 6.92 Å². The third kappa shape index (κ3) is 3.75. The highest BCUT2D eigenvalue weighted by Crippen LogP contribution is 2.23. The molecule has 0 bridgehead atoms. The molecule has 2 aromatic rings. The van der Waals surface area contributed by atoms with Gasteiger partial charge in [-0.3, -0.25) is 9.48 Å². The van der Waals surface area contributed by atoms with Gasteiger partial charge >= 0.3 is 0 Å². The average Bonchev–Trinajstić information content (AvgIpc) is 2.74. The maximum atomic E-state index is 12.0. The van der Waals surface area contributed by atoms with Gasteiger partial charge in [-0.1, -0.05) is 23.2 Å². The zero-order chi connectivity index (χ0) is 15.6. The minimum Gasteiger partial charge on any atom is -0.378 e. The molecule has 1 heterocycles. The molecule has 112 valence electrons. The van der Waals surface area contributed by atoms with Gasteiger partial charge in [-0.05, 0) is 30.7 Å². The zero-order valence-corrected chi connectivity index (χ0v) is 13.1. The molecule has 1 aromatic heterocycles. The van der Waals surface area contributed by atoms with Crippen molar-refractivity contribution in [2.75, 3.05) is 0 Å². The molecule has 0 saturated carbocycles. The van der Waals surface area contributed by atoms with Crippen LogP contribution in [-0.4, -0.2) is 20.8 Å². The topological polar surface area (TPSA) is 67.2 Å². The summed E-state index contributed by atoms with van der Waals surface area (Å²) in [5.74, 6) is -0.517. The molecular weight excluding hydrogens is 313 g/mol. The third-order valence-electron chi connectivity index (χ3n) is 3.24. The first-order chi connectivity index (χ1) is 9.88. The van der Waals surface area contributed by atoms with Crippen molar-refractivity contribution in [3.05, 3.63) is 51.3 Å². The van der Waals surface area contributed by atoms with Crippen molar-refractivity contribution < 1.29 is 9.90 Å². The Morgan fingerprint density at radius 2 is 2.00 bits per heavy atom. The van der Waals surface area contributed by atoms with E-state index in [0.29, 0.717) is 22.2 Å². The summed E-state index contributed by atoms with van der Waals surface area (Å²) in [6.45, 7) is 2.20. The largest absolute Gasteiger partial charge is 0.378 e. The Balaban J connectivity index is 2.04. The summed E-state index contributed by atoms with van der Waals surface area (Å²) < 4.78 is 1.72. The number of aliphatic hydroxyl groups excluding tert-OH is 1. The van der Waals surface area contributed by atoms with E-state index in [4.69, 9.17) is 23.2 Å². The maximum Gasteiger partial charge on any atom is 0.253 e. The summed E-state index contributed by atoms with van der Waals surface area (Å²) in [5.41, 5.74) is 2.20. The van der Waals surface area contributed by atoms with Gasteiger partial charge in [-0.2, -0.15) is 5.10 Å². The van der Waals surface area contributed by atoms with Crippen molar-refractivity contribution in [1.82, 2.24) is 15.1 Å². The van der Waals surface area contributed by atoms with Gasteiger partial charge < -0.3 is 10.4 Å². The molecule has 1 atom stereocenters. The van der Waals surface area contributed by atoms with Crippen molar-refractivity contribution >= 4 is 29.1 Å². The van der Waals surface area contributed by atoms with Crippen LogP contribution in [0.2, 0.25) is 10.0 Å². The first kappa shape index (κ1) is 15.8. The third-order valence-corrected chi connectivity index (χ3v) is 3.68. The van der Waals surface area contributed by atoms with Crippen molar-refractivity contribution in [2.24, 2.45) is 7.05 Å². The number of aliphatic hydroxyl groups is 1. The van der Waals surface area contributed by atoms with Crippen LogP contribution in [0.5, 0.6) is 0 Å². The van der Waals surface area contributed by atoms with Crippen LogP contribution < -0.4 is 5.32 Å². The van der Waals surface area contributed by atoms with Gasteiger partial charge in [0.05, 0.1) is 6.20 Å². The fourth-order valence-electron chi connectivity index (χ4n) is 1.88. The number of rotatable bonds is 4. The molecular formula is C14H15Cl2N3O2. The minimum atomic E-state index is -1.32. The molecule has 0 spiro atoms. The van der Waals surface area contributed by atoms with E-state index in [1.807, 2.05) is 14.0 Å². The molecule has 1 aromatic carbocycles. The summed E-state index contributed by atoms with van der Waals surface area (Å²) in [4.78, 5) is 12.0. The van der Waals surface area contributed by atoms with Gasteiger partial charge in [-0.15, -0.1) is 0 Å². The molecule has 2 N–H and O–H groups in total. The number of nitrogens with one attached hydrogen (secondary N) is 1. The van der Waals surface area contributed by atoms with E-state index in [2.05, 4.69) is 10.4 Å². The van der Waals surface area contributed by atoms with E-state index in [-0.39, 0.29) is 0 Å². The quantitative estimate of drug-likeness (QED) is 0.906. The Hall–Kier alpha value is -1.56. The smallest absolute Gasteiger partial charge is 0.253 e. The molecule has 0 fully saturated rings. The lowest BCUT2D eigenvalue weighted by molar-refractivity contribution is -0.129.